The van der Waals surface area contributed by atoms with E-state index in [0.717, 1.165) is 37.4 Å². The van der Waals surface area contributed by atoms with Crippen LogP contribution in [-0.4, -0.2) is 46.2 Å². The Labute approximate surface area is 244 Å². The van der Waals surface area contributed by atoms with Gasteiger partial charge in [-0.05, 0) is 48.8 Å². The van der Waals surface area contributed by atoms with Gasteiger partial charge in [0.05, 0.1) is 42.2 Å². The van der Waals surface area contributed by atoms with E-state index in [9.17, 15) is 14.2 Å². The molecule has 8 heteroatoms. The second-order valence-corrected chi connectivity index (χ2v) is 11.8. The van der Waals surface area contributed by atoms with E-state index in [2.05, 4.69) is 0 Å². The van der Waals surface area contributed by atoms with Crippen LogP contribution in [0.5, 0.6) is 23.0 Å². The summed E-state index contributed by atoms with van der Waals surface area (Å²) in [7, 11) is 4.30. The lowest BCUT2D eigenvalue weighted by Gasteiger charge is -2.20. The molecule has 41 heavy (non-hydrogen) atoms. The molecule has 3 rings (SSSR count). The summed E-state index contributed by atoms with van der Waals surface area (Å²) < 4.78 is 34.4. The van der Waals surface area contributed by atoms with Crippen molar-refractivity contribution >= 4 is 19.4 Å². The number of carbonyl (C=O) groups is 2. The van der Waals surface area contributed by atoms with E-state index >= 15 is 0 Å². The third-order valence-electron chi connectivity index (χ3n) is 7.17. The van der Waals surface area contributed by atoms with E-state index < -0.39 is 13.7 Å². The number of methoxy groups -OCH3 is 4. The number of ketones is 2. The SMILES string of the molecule is COc1cccc(OC)c1C(=O)C(CCCCCCC[PH](=O)Cc1ccccc1)C(=O)c1c(OC)cccc1OC. The molecule has 0 N–H and O–H groups in total. The van der Waals surface area contributed by atoms with E-state index in [-0.39, 0.29) is 22.7 Å². The molecule has 3 aromatic rings. The topological polar surface area (TPSA) is 88.1 Å². The fourth-order valence-electron chi connectivity index (χ4n) is 5.03. The number of benzene rings is 3. The molecule has 1 unspecified atom stereocenters. The number of ether oxygens (including phenoxy) is 4. The van der Waals surface area contributed by atoms with Crippen LogP contribution in [0, 0.1) is 5.92 Å². The zero-order chi connectivity index (χ0) is 29.6. The fourth-order valence-corrected chi connectivity index (χ4v) is 6.54. The van der Waals surface area contributed by atoms with Gasteiger partial charge in [0, 0.05) is 6.16 Å². The van der Waals surface area contributed by atoms with Gasteiger partial charge in [-0.2, -0.15) is 0 Å². The van der Waals surface area contributed by atoms with Crippen molar-refractivity contribution in [2.45, 2.75) is 44.7 Å². The Kier molecular flexibility index (Phi) is 13.0. The first-order chi connectivity index (χ1) is 19.9. The molecule has 0 fully saturated rings. The molecule has 0 amide bonds. The van der Waals surface area contributed by atoms with Crippen LogP contribution in [0.2, 0.25) is 0 Å². The third-order valence-corrected chi connectivity index (χ3v) is 8.89. The summed E-state index contributed by atoms with van der Waals surface area (Å²) in [5, 5.41) is 0. The lowest BCUT2D eigenvalue weighted by molar-refractivity contribution is 0.0790. The maximum absolute atomic E-state index is 14.0. The lowest BCUT2D eigenvalue weighted by atomic mass is 9.84. The Morgan fingerprint density at radius 2 is 1.05 bits per heavy atom. The fraction of sp³-hybridized carbons (Fsp3) is 0.394. The number of hydrogen-bond donors (Lipinski definition) is 0. The molecule has 0 radical (unpaired) electrons. The Bertz CT molecular complexity index is 1190. The molecule has 0 saturated heterocycles. The van der Waals surface area contributed by atoms with Gasteiger partial charge < -0.3 is 23.5 Å². The zero-order valence-corrected chi connectivity index (χ0v) is 25.4. The molecule has 0 aliphatic rings. The summed E-state index contributed by atoms with van der Waals surface area (Å²) in [5.74, 6) is -0.300. The van der Waals surface area contributed by atoms with Gasteiger partial charge in [-0.3, -0.25) is 9.59 Å². The van der Waals surface area contributed by atoms with Gasteiger partial charge in [0.2, 0.25) is 0 Å². The molecule has 0 bridgehead atoms. The Balaban J connectivity index is 1.70. The molecule has 220 valence electrons. The molecule has 0 aliphatic carbocycles. The zero-order valence-electron chi connectivity index (χ0n) is 24.4. The number of carbonyl (C=O) groups excluding carboxylic acids is 2. The maximum atomic E-state index is 14.0. The first-order valence-electron chi connectivity index (χ1n) is 14.0. The predicted octanol–water partition coefficient (Wildman–Crippen LogP) is 7.50. The van der Waals surface area contributed by atoms with Gasteiger partial charge in [-0.15, -0.1) is 0 Å². The van der Waals surface area contributed by atoms with Crippen LogP contribution in [0.15, 0.2) is 66.7 Å². The number of Topliss-reactive ketones (excluding diaryl/α,β-unsaturated/α-hetero) is 2. The Hall–Kier alpha value is -3.57. The van der Waals surface area contributed by atoms with Crippen molar-refractivity contribution < 1.29 is 33.1 Å². The molecule has 1 atom stereocenters. The third kappa shape index (κ3) is 8.71. The summed E-state index contributed by atoms with van der Waals surface area (Å²) in [6.07, 6.45) is 6.06. The molecule has 0 heterocycles. The van der Waals surface area contributed by atoms with Gasteiger partial charge >= 0.3 is 0 Å². The minimum absolute atomic E-state index is 0.244. The van der Waals surface area contributed by atoms with E-state index in [4.69, 9.17) is 18.9 Å². The molecule has 0 aromatic heterocycles. The summed E-state index contributed by atoms with van der Waals surface area (Å²) >= 11 is 0. The Morgan fingerprint density at radius 3 is 1.51 bits per heavy atom. The van der Waals surface area contributed by atoms with Crippen molar-refractivity contribution in [3.63, 3.8) is 0 Å². The first-order valence-corrected chi connectivity index (χ1v) is 15.8. The van der Waals surface area contributed by atoms with Crippen molar-refractivity contribution in [2.24, 2.45) is 5.92 Å². The quantitative estimate of drug-likeness (QED) is 0.0666. The van der Waals surface area contributed by atoms with Gasteiger partial charge in [-0.25, -0.2) is 0 Å². The molecule has 0 aliphatic heterocycles. The molecule has 3 aromatic carbocycles. The minimum Gasteiger partial charge on any atom is -0.496 e. The molecular weight excluding hydrogens is 539 g/mol. The van der Waals surface area contributed by atoms with Crippen molar-refractivity contribution in [1.82, 2.24) is 0 Å². The van der Waals surface area contributed by atoms with Crippen molar-refractivity contribution in [1.29, 1.82) is 0 Å². The van der Waals surface area contributed by atoms with Gasteiger partial charge in [-0.1, -0.05) is 68.1 Å². The van der Waals surface area contributed by atoms with Crippen LogP contribution >= 0.6 is 7.80 Å². The average Bonchev–Trinajstić information content (AvgIpc) is 3.01. The van der Waals surface area contributed by atoms with Crippen LogP contribution in [-0.2, 0) is 10.7 Å². The van der Waals surface area contributed by atoms with E-state index in [0.29, 0.717) is 42.0 Å². The predicted molar refractivity (Wildman–Crippen MR) is 163 cm³/mol. The van der Waals surface area contributed by atoms with Crippen LogP contribution in [0.25, 0.3) is 0 Å². The summed E-state index contributed by atoms with van der Waals surface area (Å²) in [6, 6.07) is 20.2. The highest BCUT2D eigenvalue weighted by Gasteiger charge is 2.35. The summed E-state index contributed by atoms with van der Waals surface area (Å²) in [5.41, 5.74) is 1.61. The van der Waals surface area contributed by atoms with Crippen molar-refractivity contribution in [3.05, 3.63) is 83.4 Å². The van der Waals surface area contributed by atoms with Crippen LogP contribution in [0.1, 0.15) is 64.8 Å². The highest BCUT2D eigenvalue weighted by molar-refractivity contribution is 7.43. The minimum atomic E-state index is -1.64. The number of rotatable bonds is 18. The smallest absolute Gasteiger partial charge is 0.181 e. The maximum Gasteiger partial charge on any atom is 0.181 e. The molecule has 0 saturated carbocycles. The monoisotopic (exact) mass is 580 g/mol. The normalized spacial score (nSPS) is 11.6. The van der Waals surface area contributed by atoms with Crippen molar-refractivity contribution in [3.8, 4) is 23.0 Å². The lowest BCUT2D eigenvalue weighted by Crippen LogP contribution is -2.26. The average molecular weight is 581 g/mol. The second kappa shape index (κ2) is 16.6. The van der Waals surface area contributed by atoms with E-state index in [1.165, 1.54) is 28.4 Å². The van der Waals surface area contributed by atoms with Gasteiger partial charge in [0.25, 0.3) is 0 Å². The summed E-state index contributed by atoms with van der Waals surface area (Å²) in [4.78, 5) is 28.0. The van der Waals surface area contributed by atoms with Crippen LogP contribution in [0.4, 0.5) is 0 Å². The van der Waals surface area contributed by atoms with Crippen LogP contribution < -0.4 is 18.9 Å². The highest BCUT2D eigenvalue weighted by atomic mass is 31.1. The largest absolute Gasteiger partial charge is 0.496 e. The van der Waals surface area contributed by atoms with Gasteiger partial charge in [0.15, 0.2) is 11.6 Å². The van der Waals surface area contributed by atoms with E-state index in [1.54, 1.807) is 36.4 Å². The number of hydrogen-bond acceptors (Lipinski definition) is 7. The second-order valence-electron chi connectivity index (χ2n) is 9.86. The standard InChI is InChI=1S/C33H41O7P/c1-37-26-18-13-19-27(38-2)30(26)32(34)25(33(35)31-28(39-3)20-14-21-29(31)40-4)17-11-6-5-7-12-22-41(36)23-24-15-9-8-10-16-24/h8-10,13-16,18-21,25,41H,5-7,11-12,17,22-23H2,1-4H3. The Morgan fingerprint density at radius 1 is 0.610 bits per heavy atom. The van der Waals surface area contributed by atoms with Crippen LogP contribution in [0.3, 0.4) is 0 Å². The van der Waals surface area contributed by atoms with Crippen molar-refractivity contribution in [2.75, 3.05) is 34.6 Å². The molecule has 7 nitrogen and oxygen atoms in total. The first kappa shape index (κ1) is 32.0. The highest BCUT2D eigenvalue weighted by Crippen LogP contribution is 2.37. The molecule has 0 spiro atoms. The summed E-state index contributed by atoms with van der Waals surface area (Å²) in [6.45, 7) is 0. The number of unbranched alkanes of at least 4 members (excludes halogenated alkanes) is 4. The van der Waals surface area contributed by atoms with E-state index in [1.807, 2.05) is 30.3 Å². The molecular formula is C33H41O7P. The van der Waals surface area contributed by atoms with Gasteiger partial charge in [0.1, 0.15) is 34.1 Å².